The lowest BCUT2D eigenvalue weighted by atomic mass is 10.0. The van der Waals surface area contributed by atoms with Gasteiger partial charge >= 0.3 is 5.97 Å². The van der Waals surface area contributed by atoms with E-state index in [1.54, 1.807) is 6.08 Å². The molecule has 0 radical (unpaired) electrons. The molecule has 0 aliphatic carbocycles. The molecule has 0 heterocycles. The van der Waals surface area contributed by atoms with E-state index in [1.165, 1.54) is 276 Å². The van der Waals surface area contributed by atoms with Gasteiger partial charge in [-0.1, -0.05) is 309 Å². The fourth-order valence-electron chi connectivity index (χ4n) is 9.64. The van der Waals surface area contributed by atoms with Crippen LogP contribution in [0.1, 0.15) is 341 Å². The Hall–Kier alpha value is -1.40. The number of esters is 1. The molecule has 0 saturated carbocycles. The Kier molecular flexibility index (Phi) is 56.0. The van der Waals surface area contributed by atoms with Crippen LogP contribution >= 0.6 is 0 Å². The highest BCUT2D eigenvalue weighted by molar-refractivity contribution is 5.76. The number of carbonyl (C=O) groups excluding carboxylic acids is 2. The Morgan fingerprint density at radius 3 is 1.01 bits per heavy atom. The molecule has 398 valence electrons. The van der Waals surface area contributed by atoms with Gasteiger partial charge in [-0.15, -0.1) is 0 Å². The molecule has 67 heavy (non-hydrogen) atoms. The van der Waals surface area contributed by atoms with Crippen LogP contribution in [-0.2, 0) is 14.3 Å². The molecule has 0 aliphatic rings. The normalized spacial score (nSPS) is 12.6. The summed E-state index contributed by atoms with van der Waals surface area (Å²) >= 11 is 0. The highest BCUT2D eigenvalue weighted by Crippen LogP contribution is 2.18. The third-order valence-electron chi connectivity index (χ3n) is 14.3. The minimum absolute atomic E-state index is 0.0148. The minimum atomic E-state index is -0.844. The highest BCUT2D eigenvalue weighted by Gasteiger charge is 2.18. The first-order valence-corrected chi connectivity index (χ1v) is 30.5. The van der Waals surface area contributed by atoms with Crippen molar-refractivity contribution in [3.8, 4) is 0 Å². The third kappa shape index (κ3) is 53.8. The number of allylic oxidation sites excluding steroid dienone is 1. The van der Waals surface area contributed by atoms with Gasteiger partial charge in [0.05, 0.1) is 25.4 Å². The van der Waals surface area contributed by atoms with Crippen LogP contribution < -0.4 is 5.32 Å². The van der Waals surface area contributed by atoms with Crippen molar-refractivity contribution in [1.82, 2.24) is 5.32 Å². The number of carbonyl (C=O) groups is 2. The lowest BCUT2D eigenvalue weighted by molar-refractivity contribution is -0.143. The van der Waals surface area contributed by atoms with E-state index in [-0.39, 0.29) is 18.5 Å². The summed E-state index contributed by atoms with van der Waals surface area (Å²) in [5.74, 6) is -0.0542. The number of hydrogen-bond donors (Lipinski definition) is 3. The Bertz CT molecular complexity index is 1000. The van der Waals surface area contributed by atoms with Crippen LogP contribution in [0.25, 0.3) is 0 Å². The molecule has 2 atom stereocenters. The van der Waals surface area contributed by atoms with Crippen LogP contribution in [0.5, 0.6) is 0 Å². The van der Waals surface area contributed by atoms with Crippen molar-refractivity contribution in [3.63, 3.8) is 0 Å². The first-order chi connectivity index (χ1) is 33.0. The lowest BCUT2D eigenvalue weighted by Gasteiger charge is -2.20. The van der Waals surface area contributed by atoms with E-state index < -0.39 is 12.1 Å². The van der Waals surface area contributed by atoms with Gasteiger partial charge in [-0.25, -0.2) is 0 Å². The SMILES string of the molecule is CCCCCCCCCCCC/C=C/C(O)C(CO)NC(=O)CCCCCCCCCCCCCCCCCCCCCCOC(=O)CCCCCCCCCCCCCCCCCCCC. The van der Waals surface area contributed by atoms with Gasteiger partial charge in [0, 0.05) is 12.8 Å². The van der Waals surface area contributed by atoms with E-state index in [9.17, 15) is 19.8 Å². The van der Waals surface area contributed by atoms with Crippen molar-refractivity contribution in [1.29, 1.82) is 0 Å². The van der Waals surface area contributed by atoms with Crippen LogP contribution in [0, 0.1) is 0 Å². The van der Waals surface area contributed by atoms with E-state index in [2.05, 4.69) is 19.2 Å². The van der Waals surface area contributed by atoms with Gasteiger partial charge in [-0.3, -0.25) is 9.59 Å². The molecule has 2 unspecified atom stereocenters. The monoisotopic (exact) mass is 946 g/mol. The van der Waals surface area contributed by atoms with Crippen LogP contribution in [0.4, 0.5) is 0 Å². The molecule has 3 N–H and O–H groups in total. The molecule has 0 aliphatic heterocycles. The molecular weight excluding hydrogens is 827 g/mol. The highest BCUT2D eigenvalue weighted by atomic mass is 16.5. The zero-order chi connectivity index (χ0) is 48.6. The predicted molar refractivity (Wildman–Crippen MR) is 292 cm³/mol. The zero-order valence-electron chi connectivity index (χ0n) is 45.4. The van der Waals surface area contributed by atoms with Crippen molar-refractivity contribution in [3.05, 3.63) is 12.2 Å². The molecule has 0 aromatic rings. The summed E-state index contributed by atoms with van der Waals surface area (Å²) in [6, 6.07) is -0.627. The number of rotatable bonds is 57. The Morgan fingerprint density at radius 1 is 0.403 bits per heavy atom. The van der Waals surface area contributed by atoms with Gasteiger partial charge in [-0.05, 0) is 32.1 Å². The number of aliphatic hydroxyl groups is 2. The van der Waals surface area contributed by atoms with Gasteiger partial charge in [0.1, 0.15) is 0 Å². The molecular formula is C61H119NO5. The number of aliphatic hydroxyl groups excluding tert-OH is 2. The van der Waals surface area contributed by atoms with Gasteiger partial charge < -0.3 is 20.3 Å². The van der Waals surface area contributed by atoms with Crippen molar-refractivity contribution in [2.24, 2.45) is 0 Å². The van der Waals surface area contributed by atoms with E-state index in [0.29, 0.717) is 19.4 Å². The van der Waals surface area contributed by atoms with Crippen molar-refractivity contribution in [2.75, 3.05) is 13.2 Å². The van der Waals surface area contributed by atoms with Crippen molar-refractivity contribution >= 4 is 11.9 Å². The number of unbranched alkanes of at least 4 members (excludes halogenated alkanes) is 46. The average Bonchev–Trinajstić information content (AvgIpc) is 3.33. The molecule has 1 amide bonds. The second-order valence-corrected chi connectivity index (χ2v) is 21.0. The van der Waals surface area contributed by atoms with Crippen molar-refractivity contribution < 1.29 is 24.5 Å². The molecule has 6 heteroatoms. The first kappa shape index (κ1) is 65.6. The summed E-state index contributed by atoms with van der Waals surface area (Å²) in [6.07, 6.45) is 68.2. The van der Waals surface area contributed by atoms with E-state index in [1.807, 2.05) is 6.08 Å². The number of nitrogens with one attached hydrogen (secondary N) is 1. The summed E-state index contributed by atoms with van der Waals surface area (Å²) in [4.78, 5) is 24.5. The van der Waals surface area contributed by atoms with Crippen LogP contribution in [0.3, 0.4) is 0 Å². The second-order valence-electron chi connectivity index (χ2n) is 21.0. The summed E-state index contributed by atoms with van der Waals surface area (Å²) in [5.41, 5.74) is 0. The molecule has 6 nitrogen and oxygen atoms in total. The maximum Gasteiger partial charge on any atom is 0.305 e. The van der Waals surface area contributed by atoms with Crippen LogP contribution in [0.2, 0.25) is 0 Å². The fourth-order valence-corrected chi connectivity index (χ4v) is 9.64. The maximum atomic E-state index is 12.4. The first-order valence-electron chi connectivity index (χ1n) is 30.5. The van der Waals surface area contributed by atoms with Gasteiger partial charge in [0.25, 0.3) is 0 Å². The van der Waals surface area contributed by atoms with E-state index in [0.717, 1.165) is 38.5 Å². The Labute approximate surface area is 419 Å². The topological polar surface area (TPSA) is 95.9 Å². The summed E-state index contributed by atoms with van der Waals surface area (Å²) in [5, 5.41) is 23.0. The predicted octanol–water partition coefficient (Wildman–Crippen LogP) is 18.9. The molecule has 0 bridgehead atoms. The number of hydrogen-bond acceptors (Lipinski definition) is 5. The average molecular weight is 947 g/mol. The summed E-state index contributed by atoms with van der Waals surface area (Å²) in [7, 11) is 0. The number of ether oxygens (including phenoxy) is 1. The lowest BCUT2D eigenvalue weighted by Crippen LogP contribution is -2.45. The van der Waals surface area contributed by atoms with E-state index in [4.69, 9.17) is 4.74 Å². The smallest absolute Gasteiger partial charge is 0.305 e. The molecule has 0 aromatic carbocycles. The molecule has 0 saturated heterocycles. The van der Waals surface area contributed by atoms with Crippen LogP contribution in [0.15, 0.2) is 12.2 Å². The summed E-state index contributed by atoms with van der Waals surface area (Å²) < 4.78 is 5.50. The Balaban J connectivity index is 3.36. The third-order valence-corrected chi connectivity index (χ3v) is 14.3. The standard InChI is InChI=1S/C61H119NO5/c1-3-5-7-9-11-13-15-17-18-19-25-28-31-35-39-43-47-51-55-61(66)67-56-52-48-44-40-36-32-29-26-23-21-20-22-24-27-30-34-38-42-46-50-54-60(65)62-58(57-63)59(64)53-49-45-41-37-33-16-14-12-10-8-6-4-2/h49,53,58-59,63-64H,3-48,50-52,54-57H2,1-2H3,(H,62,65)/b53-49+. The molecule has 0 rings (SSSR count). The molecule has 0 fully saturated rings. The maximum absolute atomic E-state index is 12.4. The zero-order valence-corrected chi connectivity index (χ0v) is 45.4. The second kappa shape index (κ2) is 57.2. The Morgan fingerprint density at radius 2 is 0.687 bits per heavy atom. The molecule has 0 aromatic heterocycles. The number of amides is 1. The van der Waals surface area contributed by atoms with E-state index >= 15 is 0 Å². The van der Waals surface area contributed by atoms with Crippen LogP contribution in [-0.4, -0.2) is 47.4 Å². The van der Waals surface area contributed by atoms with Crippen molar-refractivity contribution in [2.45, 2.75) is 353 Å². The minimum Gasteiger partial charge on any atom is -0.466 e. The quantitative estimate of drug-likeness (QED) is 0.0321. The van der Waals surface area contributed by atoms with Gasteiger partial charge in [-0.2, -0.15) is 0 Å². The molecule has 0 spiro atoms. The largest absolute Gasteiger partial charge is 0.466 e. The summed E-state index contributed by atoms with van der Waals surface area (Å²) in [6.45, 7) is 4.92. The van der Waals surface area contributed by atoms with Gasteiger partial charge in [0.2, 0.25) is 5.91 Å². The van der Waals surface area contributed by atoms with Gasteiger partial charge in [0.15, 0.2) is 0 Å². The fraction of sp³-hybridized carbons (Fsp3) is 0.934.